The summed E-state index contributed by atoms with van der Waals surface area (Å²) in [6.45, 7) is 3.85. The largest absolute Gasteiger partial charge is 0.378 e. The van der Waals surface area contributed by atoms with Crippen molar-refractivity contribution < 1.29 is 19.1 Å². The summed E-state index contributed by atoms with van der Waals surface area (Å²) in [6, 6.07) is 0. The molecule has 3 amide bonds. The molecule has 2 fully saturated rings. The van der Waals surface area contributed by atoms with Crippen LogP contribution in [0.25, 0.3) is 0 Å². The van der Waals surface area contributed by atoms with E-state index in [9.17, 15) is 14.4 Å². The van der Waals surface area contributed by atoms with Gasteiger partial charge in [0.15, 0.2) is 0 Å². The van der Waals surface area contributed by atoms with E-state index in [2.05, 4.69) is 5.32 Å². The summed E-state index contributed by atoms with van der Waals surface area (Å²) in [5.41, 5.74) is 0. The van der Waals surface area contributed by atoms with Crippen LogP contribution in [0.5, 0.6) is 0 Å². The number of amides is 3. The summed E-state index contributed by atoms with van der Waals surface area (Å²) in [6.07, 6.45) is 0. The van der Waals surface area contributed by atoms with Gasteiger partial charge in [-0.1, -0.05) is 18.7 Å². The SMILES string of the molecule is C[C@@H](C(=O)N1CCOCC1)[C@@H]1SC(=O)NC1=O. The number of nitrogens with zero attached hydrogens (tertiary/aromatic N) is 1. The van der Waals surface area contributed by atoms with Crippen LogP contribution in [-0.4, -0.2) is 53.5 Å². The minimum absolute atomic E-state index is 0.0874. The second-order valence-electron chi connectivity index (χ2n) is 4.04. The summed E-state index contributed by atoms with van der Waals surface area (Å²) >= 11 is 0.896. The number of hydrogen-bond acceptors (Lipinski definition) is 5. The Morgan fingerprint density at radius 2 is 2.12 bits per heavy atom. The highest BCUT2D eigenvalue weighted by Crippen LogP contribution is 2.27. The lowest BCUT2D eigenvalue weighted by molar-refractivity contribution is -0.140. The highest BCUT2D eigenvalue weighted by Gasteiger charge is 2.40. The van der Waals surface area contributed by atoms with E-state index in [4.69, 9.17) is 4.74 Å². The van der Waals surface area contributed by atoms with Crippen LogP contribution in [0.1, 0.15) is 6.92 Å². The Labute approximate surface area is 103 Å². The molecule has 94 valence electrons. The predicted octanol–water partition coefficient (Wildman–Crippen LogP) is -0.167. The fourth-order valence-corrected chi connectivity index (χ4v) is 2.78. The Hall–Kier alpha value is -1.08. The molecule has 0 saturated carbocycles. The Morgan fingerprint density at radius 1 is 1.47 bits per heavy atom. The van der Waals surface area contributed by atoms with Crippen molar-refractivity contribution in [3.63, 3.8) is 0 Å². The molecule has 2 aliphatic heterocycles. The number of ether oxygens (including phenoxy) is 1. The van der Waals surface area contributed by atoms with Gasteiger partial charge in [-0.15, -0.1) is 0 Å². The Bertz CT molecular complexity index is 354. The van der Waals surface area contributed by atoms with E-state index in [1.165, 1.54) is 0 Å². The Balaban J connectivity index is 1.98. The van der Waals surface area contributed by atoms with E-state index in [0.717, 1.165) is 11.8 Å². The van der Waals surface area contributed by atoms with Crippen LogP contribution in [0, 0.1) is 5.92 Å². The molecular weight excluding hydrogens is 244 g/mol. The molecule has 0 aromatic rings. The van der Waals surface area contributed by atoms with Gasteiger partial charge in [0.2, 0.25) is 11.8 Å². The van der Waals surface area contributed by atoms with E-state index >= 15 is 0 Å². The van der Waals surface area contributed by atoms with Crippen LogP contribution in [0.3, 0.4) is 0 Å². The maximum Gasteiger partial charge on any atom is 0.286 e. The van der Waals surface area contributed by atoms with Crippen LogP contribution in [0.15, 0.2) is 0 Å². The molecule has 0 aromatic heterocycles. The third-order valence-electron chi connectivity index (χ3n) is 2.88. The van der Waals surface area contributed by atoms with Crippen molar-refractivity contribution in [3.8, 4) is 0 Å². The summed E-state index contributed by atoms with van der Waals surface area (Å²) in [7, 11) is 0. The van der Waals surface area contributed by atoms with Crippen LogP contribution in [-0.2, 0) is 14.3 Å². The maximum absolute atomic E-state index is 12.1. The molecule has 0 aromatic carbocycles. The third kappa shape index (κ3) is 2.61. The van der Waals surface area contributed by atoms with Crippen LogP contribution in [0.2, 0.25) is 0 Å². The zero-order valence-electron chi connectivity index (χ0n) is 9.47. The molecule has 0 aliphatic carbocycles. The molecule has 0 bridgehead atoms. The number of hydrogen-bond donors (Lipinski definition) is 1. The molecule has 1 N–H and O–H groups in total. The van der Waals surface area contributed by atoms with Crippen molar-refractivity contribution in [2.45, 2.75) is 12.2 Å². The van der Waals surface area contributed by atoms with Crippen LogP contribution < -0.4 is 5.32 Å². The van der Waals surface area contributed by atoms with Gasteiger partial charge >= 0.3 is 0 Å². The van der Waals surface area contributed by atoms with Crippen molar-refractivity contribution in [2.24, 2.45) is 5.92 Å². The summed E-state index contributed by atoms with van der Waals surface area (Å²) < 4.78 is 5.16. The molecular formula is C10H14N2O4S. The van der Waals surface area contributed by atoms with E-state index in [0.29, 0.717) is 26.3 Å². The zero-order valence-corrected chi connectivity index (χ0v) is 10.3. The molecule has 2 atom stereocenters. The average Bonchev–Trinajstić information content (AvgIpc) is 2.68. The third-order valence-corrected chi connectivity index (χ3v) is 4.08. The van der Waals surface area contributed by atoms with Gasteiger partial charge in [-0.05, 0) is 0 Å². The average molecular weight is 258 g/mol. The number of thioether (sulfide) groups is 1. The molecule has 17 heavy (non-hydrogen) atoms. The molecule has 2 saturated heterocycles. The Morgan fingerprint density at radius 3 is 2.65 bits per heavy atom. The monoisotopic (exact) mass is 258 g/mol. The zero-order chi connectivity index (χ0) is 12.4. The molecule has 2 rings (SSSR count). The first-order chi connectivity index (χ1) is 8.09. The molecule has 7 heteroatoms. The maximum atomic E-state index is 12.1. The second-order valence-corrected chi connectivity index (χ2v) is 5.16. The predicted molar refractivity (Wildman–Crippen MR) is 61.5 cm³/mol. The highest BCUT2D eigenvalue weighted by molar-refractivity contribution is 8.15. The van der Waals surface area contributed by atoms with E-state index in [1.807, 2.05) is 0 Å². The lowest BCUT2D eigenvalue weighted by Crippen LogP contribution is -2.46. The first-order valence-corrected chi connectivity index (χ1v) is 6.35. The fraction of sp³-hybridized carbons (Fsp3) is 0.700. The van der Waals surface area contributed by atoms with Crippen LogP contribution in [0.4, 0.5) is 4.79 Å². The van der Waals surface area contributed by atoms with Gasteiger partial charge in [0.05, 0.1) is 19.1 Å². The fourth-order valence-electron chi connectivity index (χ4n) is 1.90. The van der Waals surface area contributed by atoms with Crippen LogP contribution >= 0.6 is 11.8 Å². The van der Waals surface area contributed by atoms with Crippen molar-refractivity contribution in [1.82, 2.24) is 10.2 Å². The van der Waals surface area contributed by atoms with Gasteiger partial charge in [0.25, 0.3) is 5.24 Å². The number of rotatable bonds is 2. The molecule has 2 heterocycles. The molecule has 2 aliphatic rings. The van der Waals surface area contributed by atoms with Gasteiger partial charge in [0.1, 0.15) is 5.25 Å². The first-order valence-electron chi connectivity index (χ1n) is 5.47. The Kier molecular flexibility index (Phi) is 3.68. The number of carbonyl (C=O) groups excluding carboxylic acids is 3. The smallest absolute Gasteiger partial charge is 0.286 e. The second kappa shape index (κ2) is 5.05. The number of imide groups is 1. The molecule has 0 unspecified atom stereocenters. The van der Waals surface area contributed by atoms with Gasteiger partial charge in [-0.2, -0.15) is 0 Å². The van der Waals surface area contributed by atoms with Gasteiger partial charge < -0.3 is 9.64 Å². The van der Waals surface area contributed by atoms with Crippen molar-refractivity contribution in [1.29, 1.82) is 0 Å². The standard InChI is InChI=1S/C10H14N2O4S/c1-6(7-8(13)11-10(15)17-7)9(14)12-2-4-16-5-3-12/h6-7H,2-5H2,1H3,(H,11,13,15)/t6-,7+/m1/s1. The molecule has 6 nitrogen and oxygen atoms in total. The van der Waals surface area contributed by atoms with Crippen molar-refractivity contribution in [3.05, 3.63) is 0 Å². The summed E-state index contributed by atoms with van der Waals surface area (Å²) in [4.78, 5) is 36.3. The van der Waals surface area contributed by atoms with Crippen molar-refractivity contribution >= 4 is 28.8 Å². The topological polar surface area (TPSA) is 75.7 Å². The van der Waals surface area contributed by atoms with E-state index in [-0.39, 0.29) is 17.1 Å². The lowest BCUT2D eigenvalue weighted by atomic mass is 10.1. The normalized spacial score (nSPS) is 26.9. The van der Waals surface area contributed by atoms with E-state index < -0.39 is 11.2 Å². The molecule has 0 spiro atoms. The number of carbonyl (C=O) groups is 3. The number of nitrogens with one attached hydrogen (secondary N) is 1. The summed E-state index contributed by atoms with van der Waals surface area (Å²) in [5, 5.41) is 1.22. The van der Waals surface area contributed by atoms with Gasteiger partial charge in [0, 0.05) is 13.1 Å². The minimum atomic E-state index is -0.599. The van der Waals surface area contributed by atoms with E-state index in [1.54, 1.807) is 11.8 Å². The summed E-state index contributed by atoms with van der Waals surface area (Å²) in [5.74, 6) is -0.936. The quantitative estimate of drug-likeness (QED) is 0.744. The lowest BCUT2D eigenvalue weighted by Gasteiger charge is -2.30. The minimum Gasteiger partial charge on any atom is -0.378 e. The molecule has 0 radical (unpaired) electrons. The van der Waals surface area contributed by atoms with Gasteiger partial charge in [-0.3, -0.25) is 19.7 Å². The first kappa shape index (κ1) is 12.4. The highest BCUT2D eigenvalue weighted by atomic mass is 32.2. The number of morpholine rings is 1. The van der Waals surface area contributed by atoms with Crippen molar-refractivity contribution in [2.75, 3.05) is 26.3 Å². The van der Waals surface area contributed by atoms with Gasteiger partial charge in [-0.25, -0.2) is 0 Å².